The molecule has 0 aliphatic carbocycles. The molecule has 0 radical (unpaired) electrons. The van der Waals surface area contributed by atoms with Gasteiger partial charge in [0.15, 0.2) is 0 Å². The van der Waals surface area contributed by atoms with Crippen LogP contribution in [-0.2, 0) is 9.53 Å². The summed E-state index contributed by atoms with van der Waals surface area (Å²) in [6, 6.07) is 8.02. The van der Waals surface area contributed by atoms with Crippen LogP contribution in [0, 0.1) is 5.92 Å². The molecule has 1 aliphatic heterocycles. The van der Waals surface area contributed by atoms with Gasteiger partial charge in [-0.2, -0.15) is 13.2 Å². The molecule has 0 unspecified atom stereocenters. The van der Waals surface area contributed by atoms with E-state index in [0.29, 0.717) is 0 Å². The zero-order valence-electron chi connectivity index (χ0n) is 11.0. The Morgan fingerprint density at radius 1 is 1.35 bits per heavy atom. The number of rotatable bonds is 3. The van der Waals surface area contributed by atoms with Crippen molar-refractivity contribution in [2.75, 3.05) is 6.61 Å². The molecule has 0 saturated carbocycles. The van der Waals surface area contributed by atoms with E-state index in [1.165, 1.54) is 0 Å². The third kappa shape index (κ3) is 3.50. The summed E-state index contributed by atoms with van der Waals surface area (Å²) >= 11 is 0. The number of halogens is 3. The number of ether oxygens (including phenoxy) is 1. The van der Waals surface area contributed by atoms with Crippen molar-refractivity contribution in [1.29, 1.82) is 0 Å². The fourth-order valence-corrected chi connectivity index (χ4v) is 2.15. The van der Waals surface area contributed by atoms with Crippen LogP contribution in [0.2, 0.25) is 0 Å². The number of morpholine rings is 1. The van der Waals surface area contributed by atoms with E-state index >= 15 is 0 Å². The van der Waals surface area contributed by atoms with E-state index in [1.54, 1.807) is 0 Å². The first-order valence-electron chi connectivity index (χ1n) is 6.42. The molecule has 110 valence electrons. The number of nitrogens with one attached hydrogen (secondary N) is 1. The van der Waals surface area contributed by atoms with Crippen LogP contribution in [0.5, 0.6) is 0 Å². The number of benzene rings is 1. The fraction of sp³-hybridized carbons (Fsp3) is 0.500. The number of carbonyl (C=O) groups is 1. The van der Waals surface area contributed by atoms with Crippen LogP contribution in [0.15, 0.2) is 30.3 Å². The molecule has 2 rings (SSSR count). The van der Waals surface area contributed by atoms with Gasteiger partial charge < -0.3 is 4.74 Å². The van der Waals surface area contributed by atoms with Crippen LogP contribution in [0.4, 0.5) is 13.2 Å². The molecule has 1 heterocycles. The molecular formula is C14H16F3NO2. The molecule has 6 heteroatoms. The average Bonchev–Trinajstić information content (AvgIpc) is 2.41. The molecule has 1 N–H and O–H groups in total. The van der Waals surface area contributed by atoms with Gasteiger partial charge in [-0.05, 0) is 12.0 Å². The Kier molecular flexibility index (Phi) is 4.32. The van der Waals surface area contributed by atoms with Gasteiger partial charge in [-0.1, -0.05) is 37.3 Å². The molecule has 3 atom stereocenters. The van der Waals surface area contributed by atoms with Crippen molar-refractivity contribution < 1.29 is 22.7 Å². The standard InChI is InChI=1S/C14H16F3NO2/c1-9(14(15,16)17)7-11-13(19)20-8-12(18-11)10-5-3-2-4-6-10/h2-6,9,11-12,18H,7-8H2,1H3/t9-,11-,12-/m0/s1. The van der Waals surface area contributed by atoms with E-state index in [9.17, 15) is 18.0 Å². The first kappa shape index (κ1) is 14.8. The molecule has 1 aromatic carbocycles. The van der Waals surface area contributed by atoms with Gasteiger partial charge in [0, 0.05) is 0 Å². The molecule has 1 aliphatic rings. The van der Waals surface area contributed by atoms with Crippen molar-refractivity contribution in [3.63, 3.8) is 0 Å². The molecule has 3 nitrogen and oxygen atoms in total. The minimum atomic E-state index is -4.30. The third-order valence-electron chi connectivity index (χ3n) is 3.43. The predicted molar refractivity (Wildman–Crippen MR) is 66.9 cm³/mol. The van der Waals surface area contributed by atoms with E-state index in [0.717, 1.165) is 12.5 Å². The minimum Gasteiger partial charge on any atom is -0.462 e. The molecule has 0 aromatic heterocycles. The van der Waals surface area contributed by atoms with Crippen molar-refractivity contribution in [2.24, 2.45) is 5.92 Å². The maximum Gasteiger partial charge on any atom is 0.391 e. The van der Waals surface area contributed by atoms with Crippen molar-refractivity contribution >= 4 is 5.97 Å². The normalized spacial score (nSPS) is 25.1. The number of hydrogen-bond acceptors (Lipinski definition) is 3. The van der Waals surface area contributed by atoms with Crippen LogP contribution in [0.1, 0.15) is 24.9 Å². The van der Waals surface area contributed by atoms with Crippen molar-refractivity contribution in [3.05, 3.63) is 35.9 Å². The van der Waals surface area contributed by atoms with Crippen molar-refractivity contribution in [1.82, 2.24) is 5.32 Å². The van der Waals surface area contributed by atoms with Gasteiger partial charge in [-0.25, -0.2) is 0 Å². The zero-order chi connectivity index (χ0) is 14.8. The van der Waals surface area contributed by atoms with Crippen LogP contribution in [-0.4, -0.2) is 24.8 Å². The molecule has 1 saturated heterocycles. The number of cyclic esters (lactones) is 1. The Morgan fingerprint density at radius 2 is 2.00 bits per heavy atom. The second-order valence-corrected chi connectivity index (χ2v) is 4.99. The van der Waals surface area contributed by atoms with Gasteiger partial charge >= 0.3 is 12.1 Å². The van der Waals surface area contributed by atoms with Crippen molar-refractivity contribution in [3.8, 4) is 0 Å². The van der Waals surface area contributed by atoms with Crippen LogP contribution in [0.25, 0.3) is 0 Å². The van der Waals surface area contributed by atoms with E-state index in [2.05, 4.69) is 5.32 Å². The molecule has 20 heavy (non-hydrogen) atoms. The Hall–Kier alpha value is -1.56. The highest BCUT2D eigenvalue weighted by atomic mass is 19.4. The minimum absolute atomic E-state index is 0.139. The Bertz CT molecular complexity index is 461. The summed E-state index contributed by atoms with van der Waals surface area (Å²) < 4.78 is 42.7. The first-order valence-corrected chi connectivity index (χ1v) is 6.42. The summed E-state index contributed by atoms with van der Waals surface area (Å²) in [6.45, 7) is 1.21. The second kappa shape index (κ2) is 5.83. The SMILES string of the molecule is C[C@@H](C[C@@H]1N[C@H](c2ccccc2)COC1=O)C(F)(F)F. The Labute approximate surface area is 115 Å². The highest BCUT2D eigenvalue weighted by Gasteiger charge is 2.40. The van der Waals surface area contributed by atoms with Crippen LogP contribution < -0.4 is 5.32 Å². The number of carbonyl (C=O) groups excluding carboxylic acids is 1. The maximum atomic E-state index is 12.6. The lowest BCUT2D eigenvalue weighted by molar-refractivity contribution is -0.177. The summed E-state index contributed by atoms with van der Waals surface area (Å²) in [5, 5.41) is 2.95. The fourth-order valence-electron chi connectivity index (χ4n) is 2.15. The Balaban J connectivity index is 2.04. The lowest BCUT2D eigenvalue weighted by Gasteiger charge is -2.32. The number of hydrogen-bond donors (Lipinski definition) is 1. The van der Waals surface area contributed by atoms with Gasteiger partial charge in [-0.3, -0.25) is 10.1 Å². The van der Waals surface area contributed by atoms with E-state index in [4.69, 9.17) is 4.74 Å². The smallest absolute Gasteiger partial charge is 0.391 e. The number of esters is 1. The van der Waals surface area contributed by atoms with Gasteiger partial charge in [0.05, 0.1) is 12.0 Å². The first-order chi connectivity index (χ1) is 9.38. The molecule has 0 amide bonds. The van der Waals surface area contributed by atoms with Crippen LogP contribution in [0.3, 0.4) is 0 Å². The zero-order valence-corrected chi connectivity index (χ0v) is 11.0. The lowest BCUT2D eigenvalue weighted by atomic mass is 9.98. The largest absolute Gasteiger partial charge is 0.462 e. The summed E-state index contributed by atoms with van der Waals surface area (Å²) in [6.07, 6.45) is -4.62. The molecule has 1 aromatic rings. The summed E-state index contributed by atoms with van der Waals surface area (Å²) in [7, 11) is 0. The Morgan fingerprint density at radius 3 is 2.60 bits per heavy atom. The summed E-state index contributed by atoms with van der Waals surface area (Å²) in [4.78, 5) is 11.6. The van der Waals surface area contributed by atoms with Crippen LogP contribution >= 0.6 is 0 Å². The monoisotopic (exact) mass is 287 g/mol. The van der Waals surface area contributed by atoms with Gasteiger partial charge in [-0.15, -0.1) is 0 Å². The molecule has 1 fully saturated rings. The molecule has 0 bridgehead atoms. The maximum absolute atomic E-state index is 12.6. The summed E-state index contributed by atoms with van der Waals surface area (Å²) in [5.41, 5.74) is 0.893. The molecular weight excluding hydrogens is 271 g/mol. The van der Waals surface area contributed by atoms with E-state index in [-0.39, 0.29) is 19.1 Å². The average molecular weight is 287 g/mol. The van der Waals surface area contributed by atoms with Gasteiger partial charge in [0.25, 0.3) is 0 Å². The highest BCUT2D eigenvalue weighted by molar-refractivity contribution is 5.76. The van der Waals surface area contributed by atoms with E-state index < -0.39 is 24.1 Å². The quantitative estimate of drug-likeness (QED) is 0.869. The van der Waals surface area contributed by atoms with Crippen molar-refractivity contribution in [2.45, 2.75) is 31.6 Å². The van der Waals surface area contributed by atoms with Gasteiger partial charge in [0.1, 0.15) is 12.6 Å². The second-order valence-electron chi connectivity index (χ2n) is 4.99. The topological polar surface area (TPSA) is 38.3 Å². The summed E-state index contributed by atoms with van der Waals surface area (Å²) in [5.74, 6) is -2.17. The predicted octanol–water partition coefficient (Wildman–Crippen LogP) is 2.83. The highest BCUT2D eigenvalue weighted by Crippen LogP contribution is 2.31. The molecule has 0 spiro atoms. The van der Waals surface area contributed by atoms with E-state index in [1.807, 2.05) is 30.3 Å². The number of alkyl halides is 3. The lowest BCUT2D eigenvalue weighted by Crippen LogP contribution is -2.49. The third-order valence-corrected chi connectivity index (χ3v) is 3.43. The van der Waals surface area contributed by atoms with Gasteiger partial charge in [0.2, 0.25) is 0 Å².